The molecule has 0 aromatic rings. The Morgan fingerprint density at radius 1 is 1.42 bits per heavy atom. The monoisotopic (exact) mass is 170 g/mol. The number of nitrogens with two attached hydrogens (primary N) is 1. The summed E-state index contributed by atoms with van der Waals surface area (Å²) < 4.78 is 5.79. The molecule has 1 atom stereocenters. The first-order valence-electron chi connectivity index (χ1n) is 4.78. The van der Waals surface area contributed by atoms with E-state index >= 15 is 0 Å². The first kappa shape index (κ1) is 8.48. The van der Waals surface area contributed by atoms with Crippen LogP contribution in [0.4, 0.5) is 0 Å². The summed E-state index contributed by atoms with van der Waals surface area (Å²) >= 11 is 0. The molecule has 3 nitrogen and oxygen atoms in total. The number of hydrogen-bond donors (Lipinski definition) is 1. The standard InChI is InChI=1S/C9H18N2O/c1-11-4-2-9(3-5-11)6-8(10)7-12-9/h8H,2-7,10H2,1H3. The SMILES string of the molecule is CN1CCC2(CC1)CC(N)CO2. The average molecular weight is 170 g/mol. The van der Waals surface area contributed by atoms with Gasteiger partial charge in [0.1, 0.15) is 0 Å². The van der Waals surface area contributed by atoms with Crippen LogP contribution >= 0.6 is 0 Å². The quantitative estimate of drug-likeness (QED) is 0.564. The highest BCUT2D eigenvalue weighted by Crippen LogP contribution is 2.34. The molecule has 0 aliphatic carbocycles. The molecule has 1 spiro atoms. The molecule has 2 heterocycles. The fourth-order valence-corrected chi connectivity index (χ4v) is 2.25. The van der Waals surface area contributed by atoms with Gasteiger partial charge < -0.3 is 15.4 Å². The molecule has 2 fully saturated rings. The highest BCUT2D eigenvalue weighted by molar-refractivity contribution is 4.94. The van der Waals surface area contributed by atoms with E-state index in [1.54, 1.807) is 0 Å². The molecule has 2 saturated heterocycles. The zero-order chi connectivity index (χ0) is 8.60. The minimum Gasteiger partial charge on any atom is -0.373 e. The van der Waals surface area contributed by atoms with E-state index in [2.05, 4.69) is 11.9 Å². The third-order valence-electron chi connectivity index (χ3n) is 3.14. The van der Waals surface area contributed by atoms with E-state index in [-0.39, 0.29) is 11.6 Å². The molecule has 2 N–H and O–H groups in total. The minimum absolute atomic E-state index is 0.159. The van der Waals surface area contributed by atoms with Gasteiger partial charge in [0.05, 0.1) is 12.2 Å². The van der Waals surface area contributed by atoms with Gasteiger partial charge in [-0.25, -0.2) is 0 Å². The Hall–Kier alpha value is -0.120. The van der Waals surface area contributed by atoms with Crippen molar-refractivity contribution in [1.82, 2.24) is 4.90 Å². The van der Waals surface area contributed by atoms with Crippen LogP contribution in [0.3, 0.4) is 0 Å². The van der Waals surface area contributed by atoms with Gasteiger partial charge in [0.25, 0.3) is 0 Å². The number of ether oxygens (including phenoxy) is 1. The van der Waals surface area contributed by atoms with Gasteiger partial charge in [-0.3, -0.25) is 0 Å². The van der Waals surface area contributed by atoms with Gasteiger partial charge in [-0.05, 0) is 26.3 Å². The lowest BCUT2D eigenvalue weighted by molar-refractivity contribution is -0.0392. The summed E-state index contributed by atoms with van der Waals surface area (Å²) in [5.41, 5.74) is 5.99. The molecule has 12 heavy (non-hydrogen) atoms. The molecular formula is C9H18N2O. The zero-order valence-electron chi connectivity index (χ0n) is 7.75. The van der Waals surface area contributed by atoms with Crippen LogP contribution < -0.4 is 5.73 Å². The fourth-order valence-electron chi connectivity index (χ4n) is 2.25. The van der Waals surface area contributed by atoms with E-state index in [0.717, 1.165) is 39.0 Å². The molecule has 0 amide bonds. The average Bonchev–Trinajstić information content (AvgIpc) is 2.40. The molecule has 3 heteroatoms. The molecule has 2 rings (SSSR count). The van der Waals surface area contributed by atoms with E-state index in [9.17, 15) is 0 Å². The maximum absolute atomic E-state index is 5.84. The van der Waals surface area contributed by atoms with Crippen molar-refractivity contribution in [2.24, 2.45) is 5.73 Å². The number of likely N-dealkylation sites (tertiary alicyclic amines) is 1. The van der Waals surface area contributed by atoms with E-state index in [4.69, 9.17) is 10.5 Å². The lowest BCUT2D eigenvalue weighted by atomic mass is 9.88. The first-order valence-corrected chi connectivity index (χ1v) is 4.78. The van der Waals surface area contributed by atoms with Crippen LogP contribution in [0.2, 0.25) is 0 Å². The molecule has 0 aromatic carbocycles. The maximum atomic E-state index is 5.84. The highest BCUT2D eigenvalue weighted by Gasteiger charge is 2.40. The van der Waals surface area contributed by atoms with Crippen molar-refractivity contribution in [3.8, 4) is 0 Å². The maximum Gasteiger partial charge on any atom is 0.0723 e. The molecule has 0 aromatic heterocycles. The predicted molar refractivity (Wildman–Crippen MR) is 48.0 cm³/mol. The van der Waals surface area contributed by atoms with Crippen molar-refractivity contribution >= 4 is 0 Å². The smallest absolute Gasteiger partial charge is 0.0723 e. The number of nitrogens with zero attached hydrogens (tertiary/aromatic N) is 1. The molecule has 1 unspecified atom stereocenters. The zero-order valence-corrected chi connectivity index (χ0v) is 7.75. The fraction of sp³-hybridized carbons (Fsp3) is 1.00. The Morgan fingerprint density at radius 2 is 2.08 bits per heavy atom. The normalized spacial score (nSPS) is 36.0. The Morgan fingerprint density at radius 3 is 2.58 bits per heavy atom. The molecule has 70 valence electrons. The summed E-state index contributed by atoms with van der Waals surface area (Å²) in [4.78, 5) is 2.36. The van der Waals surface area contributed by atoms with Crippen LogP contribution in [-0.4, -0.2) is 43.3 Å². The Bertz CT molecular complexity index is 164. The van der Waals surface area contributed by atoms with E-state index in [1.807, 2.05) is 0 Å². The molecule has 0 bridgehead atoms. The first-order chi connectivity index (χ1) is 5.70. The van der Waals surface area contributed by atoms with Crippen LogP contribution in [0.15, 0.2) is 0 Å². The third kappa shape index (κ3) is 1.49. The van der Waals surface area contributed by atoms with Crippen molar-refractivity contribution in [3.63, 3.8) is 0 Å². The van der Waals surface area contributed by atoms with Crippen molar-refractivity contribution < 1.29 is 4.74 Å². The predicted octanol–water partition coefficient (Wildman–Crippen LogP) is 0.198. The van der Waals surface area contributed by atoms with Crippen LogP contribution in [0, 0.1) is 0 Å². The van der Waals surface area contributed by atoms with E-state index < -0.39 is 0 Å². The van der Waals surface area contributed by atoms with Gasteiger partial charge in [0, 0.05) is 19.1 Å². The molecule has 2 aliphatic rings. The summed E-state index contributed by atoms with van der Waals surface area (Å²) in [7, 11) is 2.17. The topological polar surface area (TPSA) is 38.5 Å². The van der Waals surface area contributed by atoms with Gasteiger partial charge >= 0.3 is 0 Å². The highest BCUT2D eigenvalue weighted by atomic mass is 16.5. The van der Waals surface area contributed by atoms with Crippen LogP contribution in [0.25, 0.3) is 0 Å². The van der Waals surface area contributed by atoms with Crippen LogP contribution in [0.1, 0.15) is 19.3 Å². The summed E-state index contributed by atoms with van der Waals surface area (Å²) in [5.74, 6) is 0. The summed E-state index contributed by atoms with van der Waals surface area (Å²) in [6.07, 6.45) is 3.40. The summed E-state index contributed by atoms with van der Waals surface area (Å²) in [5, 5.41) is 0. The van der Waals surface area contributed by atoms with Crippen LogP contribution in [0.5, 0.6) is 0 Å². The van der Waals surface area contributed by atoms with Crippen molar-refractivity contribution in [2.75, 3.05) is 26.7 Å². The minimum atomic E-state index is 0.159. The second kappa shape index (κ2) is 2.98. The van der Waals surface area contributed by atoms with Crippen LogP contribution in [-0.2, 0) is 4.74 Å². The van der Waals surface area contributed by atoms with Crippen molar-refractivity contribution in [3.05, 3.63) is 0 Å². The second-order valence-corrected chi connectivity index (χ2v) is 4.26. The molecule has 2 aliphatic heterocycles. The van der Waals surface area contributed by atoms with Gasteiger partial charge in [-0.1, -0.05) is 0 Å². The second-order valence-electron chi connectivity index (χ2n) is 4.26. The molecular weight excluding hydrogens is 152 g/mol. The summed E-state index contributed by atoms with van der Waals surface area (Å²) in [6, 6.07) is 0.286. The van der Waals surface area contributed by atoms with Crippen molar-refractivity contribution in [1.29, 1.82) is 0 Å². The lowest BCUT2D eigenvalue weighted by Crippen LogP contribution is -2.42. The Balaban J connectivity index is 1.95. The van der Waals surface area contributed by atoms with Gasteiger partial charge in [-0.2, -0.15) is 0 Å². The Labute approximate surface area is 73.9 Å². The number of rotatable bonds is 0. The molecule has 0 radical (unpaired) electrons. The Kier molecular flexibility index (Phi) is 2.10. The number of hydrogen-bond acceptors (Lipinski definition) is 3. The summed E-state index contributed by atoms with van der Waals surface area (Å²) in [6.45, 7) is 3.09. The van der Waals surface area contributed by atoms with Gasteiger partial charge in [0.2, 0.25) is 0 Å². The number of piperidine rings is 1. The van der Waals surface area contributed by atoms with Gasteiger partial charge in [-0.15, -0.1) is 0 Å². The third-order valence-corrected chi connectivity index (χ3v) is 3.14. The van der Waals surface area contributed by atoms with Gasteiger partial charge in [0.15, 0.2) is 0 Å². The van der Waals surface area contributed by atoms with E-state index in [0.29, 0.717) is 0 Å². The van der Waals surface area contributed by atoms with E-state index in [1.165, 1.54) is 0 Å². The lowest BCUT2D eigenvalue weighted by Gasteiger charge is -2.36. The van der Waals surface area contributed by atoms with Crippen molar-refractivity contribution in [2.45, 2.75) is 30.9 Å². The largest absolute Gasteiger partial charge is 0.373 e. The molecule has 0 saturated carbocycles.